The average molecular weight is 205 g/mol. The largest absolute Gasteiger partial charge is 0.394 e. The van der Waals surface area contributed by atoms with Gasteiger partial charge in [0.25, 0.3) is 0 Å². The number of carbonyl (C=O) groups is 1. The van der Waals surface area contributed by atoms with Gasteiger partial charge in [-0.15, -0.1) is 0 Å². The van der Waals surface area contributed by atoms with Gasteiger partial charge < -0.3 is 20.6 Å². The van der Waals surface area contributed by atoms with Crippen molar-refractivity contribution < 1.29 is 20.1 Å². The first-order chi connectivity index (χ1) is 6.60. The molecule has 5 heteroatoms. The summed E-state index contributed by atoms with van der Waals surface area (Å²) < 4.78 is 0. The maximum atomic E-state index is 10.8. The van der Waals surface area contributed by atoms with E-state index in [0.29, 0.717) is 19.4 Å². The van der Waals surface area contributed by atoms with Crippen molar-refractivity contribution >= 4 is 5.91 Å². The minimum Gasteiger partial charge on any atom is -0.394 e. The van der Waals surface area contributed by atoms with E-state index in [1.807, 2.05) is 0 Å². The Kier molecular flexibility index (Phi) is 7.37. The molecule has 0 radical (unpaired) electrons. The van der Waals surface area contributed by atoms with E-state index in [-0.39, 0.29) is 18.9 Å². The standard InChI is InChI=1S/C9H19NO4/c1-2-9(14)10-4-3-7(12)5-8(13)6-11/h7-8,11-13H,2-6H2,1H3,(H,10,14). The Morgan fingerprint density at radius 3 is 2.50 bits per heavy atom. The Hall–Kier alpha value is -0.650. The van der Waals surface area contributed by atoms with Crippen molar-refractivity contribution in [3.05, 3.63) is 0 Å². The molecule has 0 aromatic rings. The zero-order valence-electron chi connectivity index (χ0n) is 8.44. The van der Waals surface area contributed by atoms with Crippen molar-refractivity contribution in [2.75, 3.05) is 13.2 Å². The molecule has 0 rings (SSSR count). The molecule has 0 spiro atoms. The van der Waals surface area contributed by atoms with Crippen LogP contribution in [-0.2, 0) is 4.79 Å². The third-order valence-corrected chi connectivity index (χ3v) is 1.88. The molecule has 0 aliphatic rings. The molecular weight excluding hydrogens is 186 g/mol. The molecule has 0 aromatic carbocycles. The van der Waals surface area contributed by atoms with Crippen LogP contribution in [-0.4, -0.2) is 46.6 Å². The normalized spacial score (nSPS) is 14.9. The van der Waals surface area contributed by atoms with Gasteiger partial charge in [0.05, 0.1) is 18.8 Å². The molecule has 0 bridgehead atoms. The number of rotatable bonds is 7. The summed E-state index contributed by atoms with van der Waals surface area (Å²) in [6.45, 7) is 1.80. The highest BCUT2D eigenvalue weighted by atomic mass is 16.3. The van der Waals surface area contributed by atoms with Crippen LogP contribution >= 0.6 is 0 Å². The summed E-state index contributed by atoms with van der Waals surface area (Å²) in [5.74, 6) is -0.0556. The summed E-state index contributed by atoms with van der Waals surface area (Å²) in [5, 5.41) is 29.4. The first-order valence-corrected chi connectivity index (χ1v) is 4.83. The molecule has 2 atom stereocenters. The van der Waals surface area contributed by atoms with Gasteiger partial charge in [0.15, 0.2) is 0 Å². The van der Waals surface area contributed by atoms with Crippen LogP contribution in [0.4, 0.5) is 0 Å². The van der Waals surface area contributed by atoms with E-state index in [4.69, 9.17) is 10.2 Å². The summed E-state index contributed by atoms with van der Waals surface area (Å²) in [5.41, 5.74) is 0. The fourth-order valence-corrected chi connectivity index (χ4v) is 1.01. The molecule has 84 valence electrons. The fraction of sp³-hybridized carbons (Fsp3) is 0.889. The molecule has 5 nitrogen and oxygen atoms in total. The van der Waals surface area contributed by atoms with Gasteiger partial charge in [-0.05, 0) is 6.42 Å². The molecule has 0 fully saturated rings. The first kappa shape index (κ1) is 13.4. The monoisotopic (exact) mass is 205 g/mol. The van der Waals surface area contributed by atoms with E-state index in [1.165, 1.54) is 0 Å². The number of amides is 1. The number of aliphatic hydroxyl groups excluding tert-OH is 3. The van der Waals surface area contributed by atoms with Gasteiger partial charge in [-0.3, -0.25) is 4.79 Å². The highest BCUT2D eigenvalue weighted by Gasteiger charge is 2.10. The molecule has 0 saturated heterocycles. The maximum absolute atomic E-state index is 10.8. The average Bonchev–Trinajstić information content (AvgIpc) is 2.17. The van der Waals surface area contributed by atoms with Gasteiger partial charge in [0, 0.05) is 19.4 Å². The zero-order valence-corrected chi connectivity index (χ0v) is 8.44. The Morgan fingerprint density at radius 1 is 1.36 bits per heavy atom. The van der Waals surface area contributed by atoms with Crippen LogP contribution < -0.4 is 5.32 Å². The number of aliphatic hydroxyl groups is 3. The summed E-state index contributed by atoms with van der Waals surface area (Å²) in [6.07, 6.45) is -0.613. The van der Waals surface area contributed by atoms with Crippen molar-refractivity contribution in [2.24, 2.45) is 0 Å². The van der Waals surface area contributed by atoms with Gasteiger partial charge in [0.2, 0.25) is 5.91 Å². The lowest BCUT2D eigenvalue weighted by molar-refractivity contribution is -0.120. The molecule has 0 aliphatic heterocycles. The highest BCUT2D eigenvalue weighted by Crippen LogP contribution is 2.01. The van der Waals surface area contributed by atoms with Crippen molar-refractivity contribution in [3.8, 4) is 0 Å². The van der Waals surface area contributed by atoms with E-state index >= 15 is 0 Å². The van der Waals surface area contributed by atoms with Crippen LogP contribution in [0.1, 0.15) is 26.2 Å². The molecule has 0 aliphatic carbocycles. The van der Waals surface area contributed by atoms with Gasteiger partial charge in [0.1, 0.15) is 0 Å². The fourth-order valence-electron chi connectivity index (χ4n) is 1.01. The van der Waals surface area contributed by atoms with Crippen LogP contribution in [0.5, 0.6) is 0 Å². The second kappa shape index (κ2) is 7.73. The third kappa shape index (κ3) is 6.82. The molecule has 14 heavy (non-hydrogen) atoms. The Morgan fingerprint density at radius 2 is 2.00 bits per heavy atom. The van der Waals surface area contributed by atoms with Gasteiger partial charge >= 0.3 is 0 Å². The van der Waals surface area contributed by atoms with Crippen molar-refractivity contribution in [2.45, 2.75) is 38.4 Å². The van der Waals surface area contributed by atoms with Gasteiger partial charge in [-0.2, -0.15) is 0 Å². The smallest absolute Gasteiger partial charge is 0.219 e. The first-order valence-electron chi connectivity index (χ1n) is 4.83. The molecule has 0 saturated carbocycles. The van der Waals surface area contributed by atoms with E-state index < -0.39 is 12.2 Å². The van der Waals surface area contributed by atoms with E-state index in [0.717, 1.165) is 0 Å². The number of nitrogens with one attached hydrogen (secondary N) is 1. The Balaban J connectivity index is 3.44. The molecule has 1 amide bonds. The number of carbonyl (C=O) groups excluding carboxylic acids is 1. The van der Waals surface area contributed by atoms with E-state index in [2.05, 4.69) is 5.32 Å². The predicted molar refractivity (Wildman–Crippen MR) is 51.6 cm³/mol. The second-order valence-electron chi connectivity index (χ2n) is 3.22. The number of hydrogen-bond acceptors (Lipinski definition) is 4. The Bertz CT molecular complexity index is 163. The quantitative estimate of drug-likeness (QED) is 0.429. The Labute approximate surface area is 83.8 Å². The van der Waals surface area contributed by atoms with Crippen molar-refractivity contribution in [1.82, 2.24) is 5.32 Å². The summed E-state index contributed by atoms with van der Waals surface area (Å²) >= 11 is 0. The predicted octanol–water partition coefficient (Wildman–Crippen LogP) is -0.993. The van der Waals surface area contributed by atoms with E-state index in [1.54, 1.807) is 6.92 Å². The van der Waals surface area contributed by atoms with Gasteiger partial charge in [-0.1, -0.05) is 6.92 Å². The minimum atomic E-state index is -0.883. The summed E-state index contributed by atoms with van der Waals surface area (Å²) in [6, 6.07) is 0. The van der Waals surface area contributed by atoms with E-state index in [9.17, 15) is 9.90 Å². The molecular formula is C9H19NO4. The SMILES string of the molecule is CCC(=O)NCCC(O)CC(O)CO. The minimum absolute atomic E-state index is 0.0556. The van der Waals surface area contributed by atoms with Crippen molar-refractivity contribution in [3.63, 3.8) is 0 Å². The van der Waals surface area contributed by atoms with Crippen LogP contribution in [0.3, 0.4) is 0 Å². The molecule has 0 heterocycles. The molecule has 0 aromatic heterocycles. The van der Waals surface area contributed by atoms with Crippen LogP contribution in [0.25, 0.3) is 0 Å². The lowest BCUT2D eigenvalue weighted by Gasteiger charge is -2.13. The van der Waals surface area contributed by atoms with Crippen LogP contribution in [0.15, 0.2) is 0 Å². The maximum Gasteiger partial charge on any atom is 0.219 e. The van der Waals surface area contributed by atoms with Crippen LogP contribution in [0, 0.1) is 0 Å². The van der Waals surface area contributed by atoms with Gasteiger partial charge in [-0.25, -0.2) is 0 Å². The molecule has 4 N–H and O–H groups in total. The lowest BCUT2D eigenvalue weighted by atomic mass is 10.1. The second-order valence-corrected chi connectivity index (χ2v) is 3.22. The molecule has 2 unspecified atom stereocenters. The lowest BCUT2D eigenvalue weighted by Crippen LogP contribution is -2.28. The summed E-state index contributed by atoms with van der Waals surface area (Å²) in [7, 11) is 0. The topological polar surface area (TPSA) is 89.8 Å². The van der Waals surface area contributed by atoms with Crippen LogP contribution in [0.2, 0.25) is 0 Å². The van der Waals surface area contributed by atoms with Crippen molar-refractivity contribution in [1.29, 1.82) is 0 Å². The third-order valence-electron chi connectivity index (χ3n) is 1.88. The highest BCUT2D eigenvalue weighted by molar-refractivity contribution is 5.75. The number of hydrogen-bond donors (Lipinski definition) is 4. The summed E-state index contributed by atoms with van der Waals surface area (Å²) in [4.78, 5) is 10.8. The zero-order chi connectivity index (χ0) is 11.0.